The molecule has 2 aromatic rings. The Morgan fingerprint density at radius 1 is 1.30 bits per heavy atom. The topological polar surface area (TPSA) is 32.6 Å². The van der Waals surface area contributed by atoms with Gasteiger partial charge in [0.05, 0.1) is 13.1 Å². The molecule has 0 atom stereocenters. The number of aliphatic imine (C=N–C) groups is 1. The third kappa shape index (κ3) is 5.85. The summed E-state index contributed by atoms with van der Waals surface area (Å²) in [6, 6.07) is 10.7. The summed E-state index contributed by atoms with van der Waals surface area (Å²) in [7, 11) is 4.03. The van der Waals surface area contributed by atoms with Crippen LogP contribution in [-0.2, 0) is 20.1 Å². The first-order chi connectivity index (χ1) is 10.6. The maximum absolute atomic E-state index is 13.2. The first-order valence-electron chi connectivity index (χ1n) is 7.44. The summed E-state index contributed by atoms with van der Waals surface area (Å²) < 4.78 is 15.3. The molecule has 6 heteroatoms. The lowest BCUT2D eigenvalue weighted by molar-refractivity contribution is 0.462. The lowest BCUT2D eigenvalue weighted by Crippen LogP contribution is -2.38. The van der Waals surface area contributed by atoms with E-state index in [-0.39, 0.29) is 29.8 Å². The van der Waals surface area contributed by atoms with Crippen molar-refractivity contribution in [3.63, 3.8) is 0 Å². The van der Waals surface area contributed by atoms with E-state index in [2.05, 4.69) is 25.8 Å². The summed E-state index contributed by atoms with van der Waals surface area (Å²) in [5.41, 5.74) is 2.07. The Kier molecular flexibility index (Phi) is 8.08. The Morgan fingerprint density at radius 3 is 2.70 bits per heavy atom. The summed E-state index contributed by atoms with van der Waals surface area (Å²) in [5, 5.41) is 3.27. The lowest BCUT2D eigenvalue weighted by atomic mass is 10.2. The Hall–Kier alpha value is -1.57. The van der Waals surface area contributed by atoms with Crippen molar-refractivity contribution in [2.45, 2.75) is 20.0 Å². The molecule has 1 aromatic heterocycles. The SMILES string of the molecule is CCNC(=NCc1cccc(F)c1)N(C)Cc1cccn1C.I. The van der Waals surface area contributed by atoms with E-state index < -0.39 is 0 Å². The van der Waals surface area contributed by atoms with Crippen LogP contribution < -0.4 is 5.32 Å². The van der Waals surface area contributed by atoms with Crippen LogP contribution in [0.4, 0.5) is 4.39 Å². The molecule has 4 nitrogen and oxygen atoms in total. The molecule has 0 spiro atoms. The third-order valence-corrected chi connectivity index (χ3v) is 3.45. The molecule has 126 valence electrons. The van der Waals surface area contributed by atoms with Gasteiger partial charge < -0.3 is 14.8 Å². The fraction of sp³-hybridized carbons (Fsp3) is 0.353. The number of halogens is 2. The first kappa shape index (κ1) is 19.5. The van der Waals surface area contributed by atoms with Crippen LogP contribution in [0.1, 0.15) is 18.2 Å². The van der Waals surface area contributed by atoms with Crippen molar-refractivity contribution in [3.05, 3.63) is 59.7 Å². The van der Waals surface area contributed by atoms with Crippen LogP contribution >= 0.6 is 24.0 Å². The fourth-order valence-corrected chi connectivity index (χ4v) is 2.25. The van der Waals surface area contributed by atoms with Crippen LogP contribution in [0.25, 0.3) is 0 Å². The number of aryl methyl sites for hydroxylation is 1. The zero-order valence-electron chi connectivity index (χ0n) is 13.8. The standard InChI is InChI=1S/C17H23FN4.HI/c1-4-19-17(20-12-14-7-5-8-15(18)11-14)22(3)13-16-9-6-10-21(16)2;/h5-11H,4,12-13H2,1-3H3,(H,19,20);1H. The minimum Gasteiger partial charge on any atom is -0.357 e. The van der Waals surface area contributed by atoms with Crippen molar-refractivity contribution in [1.82, 2.24) is 14.8 Å². The number of rotatable bonds is 5. The van der Waals surface area contributed by atoms with Gasteiger partial charge in [0.15, 0.2) is 5.96 Å². The highest BCUT2D eigenvalue weighted by molar-refractivity contribution is 14.0. The average Bonchev–Trinajstić information content (AvgIpc) is 2.88. The highest BCUT2D eigenvalue weighted by Crippen LogP contribution is 2.07. The normalized spacial score (nSPS) is 11.0. The molecule has 23 heavy (non-hydrogen) atoms. The lowest BCUT2D eigenvalue weighted by Gasteiger charge is -2.22. The van der Waals surface area contributed by atoms with Gasteiger partial charge in [-0.15, -0.1) is 24.0 Å². The number of nitrogens with one attached hydrogen (secondary N) is 1. The number of hydrogen-bond donors (Lipinski definition) is 1. The quantitative estimate of drug-likeness (QED) is 0.448. The van der Waals surface area contributed by atoms with Gasteiger partial charge in [-0.2, -0.15) is 0 Å². The van der Waals surface area contributed by atoms with E-state index in [0.29, 0.717) is 6.54 Å². The van der Waals surface area contributed by atoms with Crippen molar-refractivity contribution in [2.75, 3.05) is 13.6 Å². The largest absolute Gasteiger partial charge is 0.357 e. The number of benzene rings is 1. The van der Waals surface area contributed by atoms with Crippen molar-refractivity contribution in [2.24, 2.45) is 12.0 Å². The zero-order chi connectivity index (χ0) is 15.9. The van der Waals surface area contributed by atoms with Gasteiger partial charge in [0.1, 0.15) is 5.82 Å². The highest BCUT2D eigenvalue weighted by Gasteiger charge is 2.08. The summed E-state index contributed by atoms with van der Waals surface area (Å²) >= 11 is 0. The molecule has 1 heterocycles. The van der Waals surface area contributed by atoms with E-state index in [1.807, 2.05) is 39.3 Å². The molecule has 1 aromatic carbocycles. The average molecular weight is 430 g/mol. The van der Waals surface area contributed by atoms with Gasteiger partial charge in [0.2, 0.25) is 0 Å². The van der Waals surface area contributed by atoms with Crippen molar-refractivity contribution in [1.29, 1.82) is 0 Å². The minimum absolute atomic E-state index is 0. The Bertz CT molecular complexity index is 639. The predicted octanol–water partition coefficient (Wildman–Crippen LogP) is 3.38. The van der Waals surface area contributed by atoms with E-state index in [1.165, 1.54) is 17.8 Å². The van der Waals surface area contributed by atoms with Gasteiger partial charge in [-0.05, 0) is 36.8 Å². The molecule has 0 aliphatic rings. The molecule has 0 bridgehead atoms. The van der Waals surface area contributed by atoms with E-state index in [1.54, 1.807) is 6.07 Å². The zero-order valence-corrected chi connectivity index (χ0v) is 16.1. The van der Waals surface area contributed by atoms with Gasteiger partial charge in [-0.25, -0.2) is 9.38 Å². The second-order valence-electron chi connectivity index (χ2n) is 5.27. The summed E-state index contributed by atoms with van der Waals surface area (Å²) in [6.45, 7) is 4.05. The molecule has 0 unspecified atom stereocenters. The third-order valence-electron chi connectivity index (χ3n) is 3.45. The summed E-state index contributed by atoms with van der Waals surface area (Å²) in [4.78, 5) is 6.66. The molecule has 0 fully saturated rings. The molecule has 2 rings (SSSR count). The van der Waals surface area contributed by atoms with Crippen LogP contribution in [-0.4, -0.2) is 29.0 Å². The van der Waals surface area contributed by atoms with Crippen LogP contribution in [0.3, 0.4) is 0 Å². The van der Waals surface area contributed by atoms with Gasteiger partial charge in [0, 0.05) is 32.5 Å². The molecule has 0 aliphatic carbocycles. The molecule has 1 N–H and O–H groups in total. The number of aromatic nitrogens is 1. The second-order valence-corrected chi connectivity index (χ2v) is 5.27. The molecular formula is C17H24FIN4. The van der Waals surface area contributed by atoms with E-state index >= 15 is 0 Å². The van der Waals surface area contributed by atoms with E-state index in [4.69, 9.17) is 0 Å². The van der Waals surface area contributed by atoms with Crippen molar-refractivity contribution >= 4 is 29.9 Å². The summed E-state index contributed by atoms with van der Waals surface area (Å²) in [5.74, 6) is 0.586. The predicted molar refractivity (Wildman–Crippen MR) is 104 cm³/mol. The van der Waals surface area contributed by atoms with Crippen LogP contribution in [0.15, 0.2) is 47.6 Å². The molecular weight excluding hydrogens is 406 g/mol. The minimum atomic E-state index is -0.227. The summed E-state index contributed by atoms with van der Waals surface area (Å²) in [6.07, 6.45) is 2.03. The molecule has 0 radical (unpaired) electrons. The van der Waals surface area contributed by atoms with Crippen LogP contribution in [0, 0.1) is 5.82 Å². The second kappa shape index (κ2) is 9.54. The molecule has 0 amide bonds. The Morgan fingerprint density at radius 2 is 2.09 bits per heavy atom. The van der Waals surface area contributed by atoms with Crippen molar-refractivity contribution in [3.8, 4) is 0 Å². The van der Waals surface area contributed by atoms with Gasteiger partial charge >= 0.3 is 0 Å². The van der Waals surface area contributed by atoms with Crippen LogP contribution in [0.5, 0.6) is 0 Å². The van der Waals surface area contributed by atoms with E-state index in [0.717, 1.165) is 24.6 Å². The van der Waals surface area contributed by atoms with Crippen LogP contribution in [0.2, 0.25) is 0 Å². The number of nitrogens with zero attached hydrogens (tertiary/aromatic N) is 3. The van der Waals surface area contributed by atoms with E-state index in [9.17, 15) is 4.39 Å². The maximum Gasteiger partial charge on any atom is 0.194 e. The molecule has 0 saturated heterocycles. The monoisotopic (exact) mass is 430 g/mol. The fourth-order valence-electron chi connectivity index (χ4n) is 2.25. The number of guanidine groups is 1. The maximum atomic E-state index is 13.2. The smallest absolute Gasteiger partial charge is 0.194 e. The van der Waals surface area contributed by atoms with Gasteiger partial charge in [-0.1, -0.05) is 12.1 Å². The molecule has 0 aliphatic heterocycles. The Balaban J connectivity index is 0.00000264. The van der Waals surface area contributed by atoms with Crippen molar-refractivity contribution < 1.29 is 4.39 Å². The van der Waals surface area contributed by atoms with Gasteiger partial charge in [0.25, 0.3) is 0 Å². The Labute approximate surface area is 154 Å². The van der Waals surface area contributed by atoms with Gasteiger partial charge in [-0.3, -0.25) is 0 Å². The first-order valence-corrected chi connectivity index (χ1v) is 7.44. The number of hydrogen-bond acceptors (Lipinski definition) is 1. The molecule has 0 saturated carbocycles. The highest BCUT2D eigenvalue weighted by atomic mass is 127.